The van der Waals surface area contributed by atoms with Crippen molar-refractivity contribution >= 4 is 34.7 Å². The number of ether oxygens (including phenoxy) is 1. The Morgan fingerprint density at radius 3 is 2.68 bits per heavy atom. The van der Waals surface area contributed by atoms with E-state index < -0.39 is 0 Å². The van der Waals surface area contributed by atoms with Gasteiger partial charge in [-0.05, 0) is 42.5 Å². The van der Waals surface area contributed by atoms with E-state index in [9.17, 15) is 4.79 Å². The second-order valence-electron chi connectivity index (χ2n) is 5.66. The van der Waals surface area contributed by atoms with Crippen LogP contribution in [-0.4, -0.2) is 16.1 Å². The van der Waals surface area contributed by atoms with Crippen LogP contribution in [0.2, 0.25) is 0 Å². The van der Waals surface area contributed by atoms with E-state index in [0.29, 0.717) is 11.3 Å². The Bertz CT molecular complexity index is 1030. The van der Waals surface area contributed by atoms with Gasteiger partial charge in [-0.15, -0.1) is 10.2 Å². The van der Waals surface area contributed by atoms with E-state index in [0.717, 1.165) is 15.0 Å². The fourth-order valence-electron chi connectivity index (χ4n) is 2.43. The van der Waals surface area contributed by atoms with E-state index in [1.54, 1.807) is 11.6 Å². The number of benzene rings is 2. The third-order valence-electron chi connectivity index (χ3n) is 3.75. The molecule has 2 aromatic heterocycles. The number of nitrogens with one attached hydrogen (secondary N) is 1. The molecule has 140 valence electrons. The fraction of sp³-hybridized carbons (Fsp3) is 0.0500. The zero-order valence-electron chi connectivity index (χ0n) is 14.6. The molecule has 0 spiro atoms. The molecule has 0 aliphatic heterocycles. The lowest BCUT2D eigenvalue weighted by Crippen LogP contribution is -2.13. The van der Waals surface area contributed by atoms with Gasteiger partial charge >= 0.3 is 0 Å². The van der Waals surface area contributed by atoms with Gasteiger partial charge in [0.05, 0.1) is 6.26 Å². The van der Waals surface area contributed by atoms with Gasteiger partial charge in [-0.1, -0.05) is 41.3 Å². The van der Waals surface area contributed by atoms with Gasteiger partial charge < -0.3 is 14.5 Å². The predicted molar refractivity (Wildman–Crippen MR) is 108 cm³/mol. The first-order valence-corrected chi connectivity index (χ1v) is 10.1. The van der Waals surface area contributed by atoms with Gasteiger partial charge in [0.2, 0.25) is 0 Å². The molecular weight excluding hydrogens is 394 g/mol. The highest BCUT2D eigenvalue weighted by molar-refractivity contribution is 8.01. The Balaban J connectivity index is 1.38. The van der Waals surface area contributed by atoms with Crippen molar-refractivity contribution in [3.63, 3.8) is 0 Å². The van der Waals surface area contributed by atoms with Crippen molar-refractivity contribution in [1.82, 2.24) is 10.2 Å². The number of anilines is 1. The molecule has 2 aromatic carbocycles. The normalized spacial score (nSPS) is 10.6. The summed E-state index contributed by atoms with van der Waals surface area (Å²) in [6, 6.07) is 18.7. The van der Waals surface area contributed by atoms with E-state index in [1.165, 1.54) is 29.4 Å². The number of carbonyl (C=O) groups is 1. The minimum absolute atomic E-state index is 0.239. The number of carbonyl (C=O) groups excluding carboxylic acids is 1. The third kappa shape index (κ3) is 4.59. The first-order valence-electron chi connectivity index (χ1n) is 8.37. The predicted octanol–water partition coefficient (Wildman–Crippen LogP) is 5.11. The van der Waals surface area contributed by atoms with Crippen molar-refractivity contribution < 1.29 is 13.9 Å². The number of nitrogens with zero attached hydrogens (tertiary/aromatic N) is 2. The highest BCUT2D eigenvalue weighted by Crippen LogP contribution is 2.29. The second-order valence-corrected chi connectivity index (χ2v) is 7.82. The average Bonchev–Trinajstić information content (AvgIpc) is 3.40. The van der Waals surface area contributed by atoms with Gasteiger partial charge in [-0.25, -0.2) is 0 Å². The standard InChI is InChI=1S/C20H15N3O3S2/c24-19(18-14(10-11-25-18)12-26-16-4-2-1-3-5-16)22-15-6-8-17(9-7-15)28-20-23-21-13-27-20/h1-11,13H,12H2,(H,22,24). The summed E-state index contributed by atoms with van der Waals surface area (Å²) in [5.41, 5.74) is 3.06. The summed E-state index contributed by atoms with van der Waals surface area (Å²) >= 11 is 3.01. The van der Waals surface area contributed by atoms with Crippen LogP contribution in [0.3, 0.4) is 0 Å². The van der Waals surface area contributed by atoms with Crippen molar-refractivity contribution in [2.75, 3.05) is 5.32 Å². The van der Waals surface area contributed by atoms with Crippen molar-refractivity contribution in [3.05, 3.63) is 83.8 Å². The van der Waals surface area contributed by atoms with Crippen LogP contribution in [0, 0.1) is 0 Å². The fourth-order valence-corrected chi connectivity index (χ4v) is 3.88. The van der Waals surface area contributed by atoms with E-state index in [4.69, 9.17) is 9.15 Å². The lowest BCUT2D eigenvalue weighted by atomic mass is 10.2. The van der Waals surface area contributed by atoms with Gasteiger partial charge in [0.25, 0.3) is 5.91 Å². The molecule has 0 saturated heterocycles. The van der Waals surface area contributed by atoms with Crippen molar-refractivity contribution in [2.45, 2.75) is 15.8 Å². The summed E-state index contributed by atoms with van der Waals surface area (Å²) in [5.74, 6) is 0.656. The maximum Gasteiger partial charge on any atom is 0.291 e. The molecule has 8 heteroatoms. The van der Waals surface area contributed by atoms with Crippen molar-refractivity contribution in [2.24, 2.45) is 0 Å². The molecule has 0 atom stereocenters. The highest BCUT2D eigenvalue weighted by Gasteiger charge is 2.16. The van der Waals surface area contributed by atoms with Crippen molar-refractivity contribution in [3.8, 4) is 5.75 Å². The average molecular weight is 409 g/mol. The maximum atomic E-state index is 12.6. The number of amides is 1. The third-order valence-corrected chi connectivity index (χ3v) is 5.53. The molecule has 0 aliphatic carbocycles. The molecule has 0 bridgehead atoms. The second kappa shape index (κ2) is 8.73. The van der Waals surface area contributed by atoms with Gasteiger partial charge in [-0.2, -0.15) is 0 Å². The Hall–Kier alpha value is -3.10. The number of aromatic nitrogens is 2. The molecule has 4 aromatic rings. The van der Waals surface area contributed by atoms with E-state index in [2.05, 4.69) is 15.5 Å². The monoisotopic (exact) mass is 409 g/mol. The lowest BCUT2D eigenvalue weighted by Gasteiger charge is -2.07. The van der Waals surface area contributed by atoms with Crippen molar-refractivity contribution in [1.29, 1.82) is 0 Å². The number of hydrogen-bond donors (Lipinski definition) is 1. The molecule has 4 rings (SSSR count). The van der Waals surface area contributed by atoms with Crippen LogP contribution in [0.1, 0.15) is 16.1 Å². The molecule has 0 unspecified atom stereocenters. The summed E-state index contributed by atoms with van der Waals surface area (Å²) in [6.45, 7) is 0.251. The molecule has 0 fully saturated rings. The summed E-state index contributed by atoms with van der Waals surface area (Å²) in [4.78, 5) is 13.6. The van der Waals surface area contributed by atoms with E-state index in [-0.39, 0.29) is 18.3 Å². The molecule has 2 heterocycles. The van der Waals surface area contributed by atoms with Gasteiger partial charge in [0.1, 0.15) is 17.9 Å². The van der Waals surface area contributed by atoms with Crippen LogP contribution in [0.4, 0.5) is 5.69 Å². The quantitative estimate of drug-likeness (QED) is 0.457. The molecule has 1 amide bonds. The minimum atomic E-state index is -0.318. The SMILES string of the molecule is O=C(Nc1ccc(Sc2nncs2)cc1)c1occc1COc1ccccc1. The lowest BCUT2D eigenvalue weighted by molar-refractivity contribution is 0.0993. The van der Waals surface area contributed by atoms with Crippen LogP contribution >= 0.6 is 23.1 Å². The van der Waals surface area contributed by atoms with Gasteiger partial charge in [0, 0.05) is 16.1 Å². The molecular formula is C20H15N3O3S2. The van der Waals surface area contributed by atoms with Crippen LogP contribution in [0.5, 0.6) is 5.75 Å². The summed E-state index contributed by atoms with van der Waals surface area (Å²) in [7, 11) is 0. The molecule has 1 N–H and O–H groups in total. The van der Waals surface area contributed by atoms with Crippen LogP contribution < -0.4 is 10.1 Å². The molecule has 0 radical (unpaired) electrons. The van der Waals surface area contributed by atoms with Gasteiger partial charge in [-0.3, -0.25) is 4.79 Å². The minimum Gasteiger partial charge on any atom is -0.489 e. The summed E-state index contributed by atoms with van der Waals surface area (Å²) in [6.07, 6.45) is 1.49. The molecule has 6 nitrogen and oxygen atoms in total. The van der Waals surface area contributed by atoms with Gasteiger partial charge in [0.15, 0.2) is 10.1 Å². The van der Waals surface area contributed by atoms with E-state index >= 15 is 0 Å². The van der Waals surface area contributed by atoms with Crippen LogP contribution in [0.15, 0.2) is 86.1 Å². The number of para-hydroxylation sites is 1. The topological polar surface area (TPSA) is 77.3 Å². The zero-order valence-corrected chi connectivity index (χ0v) is 16.2. The Morgan fingerprint density at radius 2 is 1.93 bits per heavy atom. The Labute approximate surface area is 169 Å². The molecule has 28 heavy (non-hydrogen) atoms. The number of hydrogen-bond acceptors (Lipinski definition) is 7. The summed E-state index contributed by atoms with van der Waals surface area (Å²) in [5, 5.41) is 10.7. The maximum absolute atomic E-state index is 12.6. The van der Waals surface area contributed by atoms with Crippen LogP contribution in [-0.2, 0) is 6.61 Å². The first-order chi connectivity index (χ1) is 13.8. The highest BCUT2D eigenvalue weighted by atomic mass is 32.2. The molecule has 0 aliphatic rings. The van der Waals surface area contributed by atoms with Crippen LogP contribution in [0.25, 0.3) is 0 Å². The zero-order chi connectivity index (χ0) is 19.2. The Morgan fingerprint density at radius 1 is 1.11 bits per heavy atom. The summed E-state index contributed by atoms with van der Waals surface area (Å²) < 4.78 is 11.9. The smallest absolute Gasteiger partial charge is 0.291 e. The molecule has 0 saturated carbocycles. The Kier molecular flexibility index (Phi) is 5.69. The number of rotatable bonds is 7. The first kappa shape index (κ1) is 18.3. The number of furan rings is 1. The van der Waals surface area contributed by atoms with E-state index in [1.807, 2.05) is 54.6 Å². The largest absolute Gasteiger partial charge is 0.489 e.